The van der Waals surface area contributed by atoms with Gasteiger partial charge in [-0.2, -0.15) is 0 Å². The van der Waals surface area contributed by atoms with Crippen molar-refractivity contribution in [2.45, 2.75) is 0 Å². The fourth-order valence-electron chi connectivity index (χ4n) is 8.47. The van der Waals surface area contributed by atoms with E-state index >= 15 is 0 Å². The van der Waals surface area contributed by atoms with Gasteiger partial charge in [-0.1, -0.05) is 145 Å². The highest BCUT2D eigenvalue weighted by Crippen LogP contribution is 2.44. The normalized spacial score (nSPS) is 13.4. The maximum Gasteiger partial charge on any atom is 0.235 e. The molecule has 54 heavy (non-hydrogen) atoms. The number of nitrogens with zero attached hydrogens (tertiary/aromatic N) is 3. The highest BCUT2D eigenvalue weighted by Gasteiger charge is 2.22. The van der Waals surface area contributed by atoms with E-state index in [1.54, 1.807) is 6.07 Å². The Hall–Kier alpha value is -7.30. The maximum atomic E-state index is 8.72. The summed E-state index contributed by atoms with van der Waals surface area (Å²) in [5, 5.41) is 11.4. The summed E-state index contributed by atoms with van der Waals surface area (Å²) in [4.78, 5) is 10.8. The van der Waals surface area contributed by atoms with Crippen LogP contribution in [0.15, 0.2) is 180 Å². The second kappa shape index (κ2) is 11.1. The lowest BCUT2D eigenvalue weighted by Gasteiger charge is -2.14. The van der Waals surface area contributed by atoms with Crippen LogP contribution in [0.4, 0.5) is 0 Å². The number of furan rings is 1. The highest BCUT2D eigenvalue weighted by molar-refractivity contribution is 6.31. The Morgan fingerprint density at radius 3 is 2.02 bits per heavy atom. The molecule has 0 saturated heterocycles. The van der Waals surface area contributed by atoms with Crippen LogP contribution in [0.25, 0.3) is 115 Å². The van der Waals surface area contributed by atoms with E-state index in [0.717, 1.165) is 87.1 Å². The van der Waals surface area contributed by atoms with Crippen LogP contribution in [0, 0.1) is 0 Å². The zero-order valence-corrected chi connectivity index (χ0v) is 28.6. The minimum absolute atomic E-state index is 0.140. The zero-order valence-electron chi connectivity index (χ0n) is 33.6. The first-order valence-electron chi connectivity index (χ1n) is 20.4. The molecule has 0 saturated carbocycles. The summed E-state index contributed by atoms with van der Waals surface area (Å²) in [6, 6.07) is 47.6. The second-order valence-corrected chi connectivity index (χ2v) is 13.8. The second-order valence-electron chi connectivity index (χ2n) is 13.8. The van der Waals surface area contributed by atoms with Crippen LogP contribution < -0.4 is 0 Å². The molecule has 0 radical (unpaired) electrons. The predicted octanol–water partition coefficient (Wildman–Crippen LogP) is 13.4. The lowest BCUT2D eigenvalue weighted by molar-refractivity contribution is 0.673. The van der Waals surface area contributed by atoms with Crippen LogP contribution in [0.2, 0.25) is 0 Å². The Kier molecular flexibility index (Phi) is 5.10. The van der Waals surface area contributed by atoms with Gasteiger partial charge in [0.15, 0.2) is 0 Å². The van der Waals surface area contributed by atoms with E-state index in [0.29, 0.717) is 17.2 Å². The lowest BCUT2D eigenvalue weighted by atomic mass is 9.97. The molecule has 12 aromatic rings. The van der Waals surface area contributed by atoms with Crippen molar-refractivity contribution in [1.82, 2.24) is 14.5 Å². The first-order chi connectivity index (χ1) is 28.9. The Morgan fingerprint density at radius 2 is 1.17 bits per heavy atom. The molecule has 0 amide bonds. The van der Waals surface area contributed by atoms with Crippen molar-refractivity contribution in [2.75, 3.05) is 0 Å². The fourth-order valence-corrected chi connectivity index (χ4v) is 8.47. The van der Waals surface area contributed by atoms with Gasteiger partial charge in [0.2, 0.25) is 5.95 Å². The molecule has 0 unspecified atom stereocenters. The Balaban J connectivity index is 1.19. The lowest BCUT2D eigenvalue weighted by Crippen LogP contribution is -2.04. The summed E-state index contributed by atoms with van der Waals surface area (Å²) in [5.74, 6) is 0.478. The van der Waals surface area contributed by atoms with Crippen LogP contribution in [0.1, 0.15) is 6.85 Å². The molecular formula is C50H29N3O. The summed E-state index contributed by atoms with van der Waals surface area (Å²) < 4.78 is 51.3. The average molecular weight is 693 g/mol. The zero-order chi connectivity index (χ0) is 39.7. The van der Waals surface area contributed by atoms with E-state index < -0.39 is 6.04 Å². The first kappa shape index (κ1) is 24.8. The summed E-state index contributed by atoms with van der Waals surface area (Å²) in [5.41, 5.74) is 6.31. The molecule has 3 heterocycles. The molecule has 4 heteroatoms. The van der Waals surface area contributed by atoms with E-state index in [2.05, 4.69) is 95.6 Å². The topological polar surface area (TPSA) is 43.9 Å². The molecule has 0 bridgehead atoms. The van der Waals surface area contributed by atoms with E-state index in [4.69, 9.17) is 21.2 Å². The number of fused-ring (bicyclic) bond motifs is 14. The molecule has 9 aromatic carbocycles. The van der Waals surface area contributed by atoms with E-state index in [9.17, 15) is 0 Å². The summed E-state index contributed by atoms with van der Waals surface area (Å²) >= 11 is 0. The van der Waals surface area contributed by atoms with E-state index in [1.807, 2.05) is 48.5 Å². The van der Waals surface area contributed by atoms with Crippen LogP contribution >= 0.6 is 0 Å². The van der Waals surface area contributed by atoms with Gasteiger partial charge in [0.25, 0.3) is 0 Å². The number of hydrogen-bond acceptors (Lipinski definition) is 3. The van der Waals surface area contributed by atoms with Gasteiger partial charge in [0, 0.05) is 43.3 Å². The molecule has 0 spiro atoms. The molecule has 3 aromatic heterocycles. The van der Waals surface area contributed by atoms with Gasteiger partial charge < -0.3 is 4.42 Å². The van der Waals surface area contributed by atoms with Crippen LogP contribution in [-0.2, 0) is 0 Å². The van der Waals surface area contributed by atoms with Crippen molar-refractivity contribution < 1.29 is 11.3 Å². The number of para-hydroxylation sites is 1. The predicted molar refractivity (Wildman–Crippen MR) is 225 cm³/mol. The van der Waals surface area contributed by atoms with Gasteiger partial charge >= 0.3 is 0 Å². The highest BCUT2D eigenvalue weighted by atomic mass is 16.3. The number of aromatic nitrogens is 3. The van der Waals surface area contributed by atoms with Crippen molar-refractivity contribution in [3.63, 3.8) is 0 Å². The molecule has 0 fully saturated rings. The Bertz CT molecular complexity index is 3780. The molecule has 250 valence electrons. The third kappa shape index (κ3) is 4.13. The van der Waals surface area contributed by atoms with E-state index in [1.165, 1.54) is 5.39 Å². The van der Waals surface area contributed by atoms with Crippen molar-refractivity contribution in [3.8, 4) is 28.3 Å². The Morgan fingerprint density at radius 1 is 0.463 bits per heavy atom. The largest absolute Gasteiger partial charge is 0.455 e. The Labute approximate surface area is 316 Å². The third-order valence-electron chi connectivity index (χ3n) is 10.8. The number of rotatable bonds is 3. The maximum absolute atomic E-state index is 8.72. The van der Waals surface area contributed by atoms with Gasteiger partial charge in [0.1, 0.15) is 11.2 Å². The average Bonchev–Trinajstić information content (AvgIpc) is 3.82. The van der Waals surface area contributed by atoms with Crippen LogP contribution in [-0.4, -0.2) is 14.5 Å². The smallest absolute Gasteiger partial charge is 0.235 e. The van der Waals surface area contributed by atoms with Gasteiger partial charge in [-0.15, -0.1) is 0 Å². The van der Waals surface area contributed by atoms with Crippen molar-refractivity contribution in [1.29, 1.82) is 0 Å². The molecule has 0 atom stereocenters. The van der Waals surface area contributed by atoms with Crippen LogP contribution in [0.3, 0.4) is 0 Å². The minimum atomic E-state index is -0.424. The quantitative estimate of drug-likeness (QED) is 0.173. The molecule has 0 aliphatic rings. The summed E-state index contributed by atoms with van der Waals surface area (Å²) in [7, 11) is 0. The third-order valence-corrected chi connectivity index (χ3v) is 10.8. The van der Waals surface area contributed by atoms with Crippen molar-refractivity contribution >= 4 is 87.0 Å². The standard InChI is InChI=1S/C50H29N3O/c1-2-13-30(14-3-1)32-16-12-17-33(27-32)47-40-26-25-31-15-4-5-18-34(31)48(40)52-50(51-47)53-43-24-11-10-21-37(43)41-29-45-42(28-44(41)53)46-38-22-8-6-19-35(38)36-20-7-9-23-39(36)49(46)54-45/h1-29H/i1D,2D,3D,13D,14D. The molecule has 0 aliphatic carbocycles. The van der Waals surface area contributed by atoms with Gasteiger partial charge in [0.05, 0.1) is 29.1 Å². The molecular weight excluding hydrogens is 659 g/mol. The summed E-state index contributed by atoms with van der Waals surface area (Å²) in [6.45, 7) is 0. The molecule has 4 nitrogen and oxygen atoms in total. The first-order valence-corrected chi connectivity index (χ1v) is 17.9. The van der Waals surface area contributed by atoms with Gasteiger partial charge in [-0.05, 0) is 63.0 Å². The fraction of sp³-hybridized carbons (Fsp3) is 0. The summed E-state index contributed by atoms with van der Waals surface area (Å²) in [6.07, 6.45) is 0. The van der Waals surface area contributed by atoms with Crippen molar-refractivity contribution in [2.24, 2.45) is 0 Å². The molecule has 0 N–H and O–H groups in total. The van der Waals surface area contributed by atoms with Gasteiger partial charge in [-0.25, -0.2) is 9.97 Å². The number of hydrogen-bond donors (Lipinski definition) is 0. The SMILES string of the molecule is [2H]c1c([2H])c([2H])c(-c2cccc(-c3nc(-n4c5ccccc5c5cc6oc7c8ccccc8c8ccccc8c7c6cc54)nc4c3ccc3ccccc34)c2)c([2H])c1[2H]. The van der Waals surface area contributed by atoms with E-state index in [-0.39, 0.29) is 29.7 Å². The molecule has 0 aliphatic heterocycles. The minimum Gasteiger partial charge on any atom is -0.455 e. The number of benzene rings is 9. The van der Waals surface area contributed by atoms with Gasteiger partial charge in [-0.3, -0.25) is 4.57 Å². The molecule has 12 rings (SSSR count). The van der Waals surface area contributed by atoms with Crippen molar-refractivity contribution in [3.05, 3.63) is 176 Å². The monoisotopic (exact) mass is 692 g/mol. The van der Waals surface area contributed by atoms with Crippen LogP contribution in [0.5, 0.6) is 0 Å².